The van der Waals surface area contributed by atoms with Gasteiger partial charge in [-0.25, -0.2) is 13.4 Å². The van der Waals surface area contributed by atoms with Gasteiger partial charge < -0.3 is 9.80 Å². The predicted octanol–water partition coefficient (Wildman–Crippen LogP) is 3.45. The Labute approximate surface area is 184 Å². The zero-order valence-corrected chi connectivity index (χ0v) is 19.3. The van der Waals surface area contributed by atoms with Crippen LogP contribution < -0.4 is 4.90 Å². The lowest BCUT2D eigenvalue weighted by atomic mass is 10.2. The standard InChI is InChI=1S/C21H23N3O3S3/c1-15-6-8-16(9-7-15)28-14-19(25)23-10-12-24(13-11-23)21-22-20-17(29-21)4-3-5-18(20)30(2,26)27/h3-9H,10-14H2,1-2H3. The number of benzene rings is 2. The maximum absolute atomic E-state index is 12.6. The minimum absolute atomic E-state index is 0.142. The molecule has 1 aliphatic rings. The lowest BCUT2D eigenvalue weighted by Crippen LogP contribution is -2.49. The topological polar surface area (TPSA) is 70.6 Å². The van der Waals surface area contributed by atoms with Crippen LogP contribution in [0.4, 0.5) is 5.13 Å². The second kappa shape index (κ2) is 8.56. The van der Waals surface area contributed by atoms with Crippen molar-refractivity contribution in [3.63, 3.8) is 0 Å². The first-order chi connectivity index (χ1) is 14.3. The number of aryl methyl sites for hydroxylation is 1. The third-order valence-electron chi connectivity index (χ3n) is 5.06. The van der Waals surface area contributed by atoms with Crippen molar-refractivity contribution in [3.8, 4) is 0 Å². The number of carbonyl (C=O) groups is 1. The number of fused-ring (bicyclic) bond motifs is 1. The maximum atomic E-state index is 12.6. The van der Waals surface area contributed by atoms with E-state index in [1.54, 1.807) is 23.9 Å². The minimum Gasteiger partial charge on any atom is -0.345 e. The smallest absolute Gasteiger partial charge is 0.233 e. The number of amides is 1. The highest BCUT2D eigenvalue weighted by atomic mass is 32.2. The molecule has 2 heterocycles. The normalized spacial score (nSPS) is 15.0. The molecule has 158 valence electrons. The molecule has 0 radical (unpaired) electrons. The van der Waals surface area contributed by atoms with Gasteiger partial charge in [0.05, 0.1) is 15.3 Å². The van der Waals surface area contributed by atoms with Crippen LogP contribution >= 0.6 is 23.1 Å². The number of aromatic nitrogens is 1. The van der Waals surface area contributed by atoms with Gasteiger partial charge in [-0.3, -0.25) is 4.79 Å². The molecule has 1 fully saturated rings. The Hall–Kier alpha value is -2.10. The molecule has 2 aromatic carbocycles. The van der Waals surface area contributed by atoms with Gasteiger partial charge in [-0.1, -0.05) is 35.1 Å². The van der Waals surface area contributed by atoms with Crippen LogP contribution in [0.1, 0.15) is 5.56 Å². The summed E-state index contributed by atoms with van der Waals surface area (Å²) in [4.78, 5) is 22.6. The fourth-order valence-corrected chi connectivity index (χ4v) is 6.11. The zero-order valence-electron chi connectivity index (χ0n) is 16.9. The van der Waals surface area contributed by atoms with Crippen molar-refractivity contribution in [3.05, 3.63) is 48.0 Å². The molecule has 0 spiro atoms. The van der Waals surface area contributed by atoms with Crippen LogP contribution in [0.15, 0.2) is 52.3 Å². The second-order valence-electron chi connectivity index (χ2n) is 7.34. The van der Waals surface area contributed by atoms with Gasteiger partial charge in [0.2, 0.25) is 5.91 Å². The molecule has 0 saturated carbocycles. The fourth-order valence-electron chi connectivity index (χ4n) is 3.36. The molecule has 3 aromatic rings. The molecule has 0 bridgehead atoms. The Morgan fingerprint density at radius 3 is 2.47 bits per heavy atom. The summed E-state index contributed by atoms with van der Waals surface area (Å²) in [5, 5.41) is 0.808. The third kappa shape index (κ3) is 4.63. The van der Waals surface area contributed by atoms with Crippen LogP contribution in [0.5, 0.6) is 0 Å². The zero-order chi connectivity index (χ0) is 21.3. The lowest BCUT2D eigenvalue weighted by Gasteiger charge is -2.34. The van der Waals surface area contributed by atoms with Crippen molar-refractivity contribution in [1.29, 1.82) is 0 Å². The Morgan fingerprint density at radius 1 is 1.10 bits per heavy atom. The molecule has 30 heavy (non-hydrogen) atoms. The van der Waals surface area contributed by atoms with Crippen molar-refractivity contribution >= 4 is 54.2 Å². The minimum atomic E-state index is -3.33. The number of hydrogen-bond acceptors (Lipinski definition) is 7. The average molecular weight is 462 g/mol. The fraction of sp³-hybridized carbons (Fsp3) is 0.333. The molecule has 6 nitrogen and oxygen atoms in total. The van der Waals surface area contributed by atoms with E-state index in [1.807, 2.05) is 30.0 Å². The summed E-state index contributed by atoms with van der Waals surface area (Å²) in [7, 11) is -3.33. The number of hydrogen-bond donors (Lipinski definition) is 0. The van der Waals surface area contributed by atoms with E-state index < -0.39 is 9.84 Å². The van der Waals surface area contributed by atoms with E-state index in [9.17, 15) is 13.2 Å². The summed E-state index contributed by atoms with van der Waals surface area (Å²) in [6.45, 7) is 4.71. The first-order valence-electron chi connectivity index (χ1n) is 9.63. The number of para-hydroxylation sites is 1. The number of thioether (sulfide) groups is 1. The molecule has 1 aliphatic heterocycles. The maximum Gasteiger partial charge on any atom is 0.233 e. The van der Waals surface area contributed by atoms with E-state index in [2.05, 4.69) is 22.0 Å². The summed E-state index contributed by atoms with van der Waals surface area (Å²) in [5.74, 6) is 0.575. The molecule has 0 atom stereocenters. The largest absolute Gasteiger partial charge is 0.345 e. The first-order valence-corrected chi connectivity index (χ1v) is 13.3. The summed E-state index contributed by atoms with van der Waals surface area (Å²) in [6, 6.07) is 13.4. The number of anilines is 1. The molecular formula is C21H23N3O3S3. The summed E-state index contributed by atoms with van der Waals surface area (Å²) in [5.41, 5.74) is 1.74. The van der Waals surface area contributed by atoms with Crippen molar-refractivity contribution in [2.45, 2.75) is 16.7 Å². The number of piperazine rings is 1. The molecule has 0 unspecified atom stereocenters. The molecule has 1 aromatic heterocycles. The Morgan fingerprint density at radius 2 is 1.80 bits per heavy atom. The Bertz CT molecular complexity index is 1170. The van der Waals surface area contributed by atoms with E-state index in [1.165, 1.54) is 23.2 Å². The van der Waals surface area contributed by atoms with Crippen LogP contribution in [-0.4, -0.2) is 62.4 Å². The van der Waals surface area contributed by atoms with E-state index >= 15 is 0 Å². The van der Waals surface area contributed by atoms with Crippen LogP contribution in [0.2, 0.25) is 0 Å². The van der Waals surface area contributed by atoms with Crippen LogP contribution in [0.3, 0.4) is 0 Å². The van der Waals surface area contributed by atoms with Gasteiger partial charge in [-0.15, -0.1) is 11.8 Å². The van der Waals surface area contributed by atoms with Gasteiger partial charge >= 0.3 is 0 Å². The Kier molecular flexibility index (Phi) is 6.04. The highest BCUT2D eigenvalue weighted by molar-refractivity contribution is 8.00. The van der Waals surface area contributed by atoms with E-state index in [-0.39, 0.29) is 10.8 Å². The van der Waals surface area contributed by atoms with E-state index in [0.717, 1.165) is 14.7 Å². The molecule has 1 amide bonds. The van der Waals surface area contributed by atoms with Crippen molar-refractivity contribution in [2.75, 3.05) is 43.1 Å². The SMILES string of the molecule is Cc1ccc(SCC(=O)N2CCN(c3nc4c(S(C)(=O)=O)cccc4s3)CC2)cc1. The van der Waals surface area contributed by atoms with Crippen molar-refractivity contribution in [1.82, 2.24) is 9.88 Å². The van der Waals surface area contributed by atoms with Crippen molar-refractivity contribution in [2.24, 2.45) is 0 Å². The highest BCUT2D eigenvalue weighted by Gasteiger charge is 2.24. The van der Waals surface area contributed by atoms with Gasteiger partial charge in [-0.2, -0.15) is 0 Å². The summed E-state index contributed by atoms with van der Waals surface area (Å²) < 4.78 is 24.9. The Balaban J connectivity index is 1.38. The second-order valence-corrected chi connectivity index (χ2v) is 11.4. The molecule has 0 N–H and O–H groups in total. The van der Waals surface area contributed by atoms with Gasteiger partial charge in [0.25, 0.3) is 0 Å². The highest BCUT2D eigenvalue weighted by Crippen LogP contribution is 2.33. The number of sulfone groups is 1. The molecule has 1 saturated heterocycles. The van der Waals surface area contributed by atoms with Gasteiger partial charge in [0.1, 0.15) is 5.52 Å². The van der Waals surface area contributed by atoms with E-state index in [0.29, 0.717) is 37.4 Å². The van der Waals surface area contributed by atoms with Crippen LogP contribution in [0.25, 0.3) is 10.2 Å². The van der Waals surface area contributed by atoms with Crippen molar-refractivity contribution < 1.29 is 13.2 Å². The number of carbonyl (C=O) groups excluding carboxylic acids is 1. The predicted molar refractivity (Wildman–Crippen MR) is 123 cm³/mol. The molecule has 4 rings (SSSR count). The quantitative estimate of drug-likeness (QED) is 0.542. The molecular weight excluding hydrogens is 438 g/mol. The average Bonchev–Trinajstić information content (AvgIpc) is 3.17. The van der Waals surface area contributed by atoms with Gasteiger partial charge in [-0.05, 0) is 31.2 Å². The first kappa shape index (κ1) is 21.1. The third-order valence-corrected chi connectivity index (χ3v) is 8.26. The van der Waals surface area contributed by atoms with Gasteiger partial charge in [0.15, 0.2) is 15.0 Å². The monoisotopic (exact) mass is 461 g/mol. The van der Waals surface area contributed by atoms with Crippen LogP contribution in [0, 0.1) is 6.92 Å². The van der Waals surface area contributed by atoms with E-state index in [4.69, 9.17) is 0 Å². The number of rotatable bonds is 5. The van der Waals surface area contributed by atoms with Crippen LogP contribution in [-0.2, 0) is 14.6 Å². The lowest BCUT2D eigenvalue weighted by molar-refractivity contribution is -0.128. The number of nitrogens with zero attached hydrogens (tertiary/aromatic N) is 3. The van der Waals surface area contributed by atoms with Gasteiger partial charge in [0, 0.05) is 37.3 Å². The summed E-state index contributed by atoms with van der Waals surface area (Å²) >= 11 is 3.06. The molecule has 9 heteroatoms. The molecule has 0 aliphatic carbocycles. The summed E-state index contributed by atoms with van der Waals surface area (Å²) in [6.07, 6.45) is 1.21. The number of thiazole rings is 1.